The lowest BCUT2D eigenvalue weighted by atomic mass is 10.1. The summed E-state index contributed by atoms with van der Waals surface area (Å²) < 4.78 is 2.17. The Morgan fingerprint density at radius 1 is 1.24 bits per heavy atom. The number of hydrogen-bond donors (Lipinski definition) is 0. The van der Waals surface area contributed by atoms with Crippen LogP contribution in [0.2, 0.25) is 0 Å². The first-order chi connectivity index (χ1) is 10.2. The minimum atomic E-state index is 0.457. The number of nitrogens with zero attached hydrogens (tertiary/aromatic N) is 3. The Hall–Kier alpha value is -1.65. The highest BCUT2D eigenvalue weighted by Gasteiger charge is 2.11. The van der Waals surface area contributed by atoms with E-state index < -0.39 is 0 Å². The zero-order valence-electron chi connectivity index (χ0n) is 12.0. The standard InChI is InChI=1S/C16H16ClN3S/c1-11-12(2)20(10-18-11)8-13-5-3-4-6-15(13)16-19-14(7-17)9-21-16/h3-6,9-10H,7-8H2,1-2H3. The van der Waals surface area contributed by atoms with Crippen LogP contribution >= 0.6 is 22.9 Å². The molecule has 0 N–H and O–H groups in total. The minimum Gasteiger partial charge on any atom is -0.330 e. The van der Waals surface area contributed by atoms with Crippen molar-refractivity contribution in [3.63, 3.8) is 0 Å². The Kier molecular flexibility index (Phi) is 4.08. The van der Waals surface area contributed by atoms with Gasteiger partial charge in [-0.05, 0) is 19.4 Å². The molecule has 21 heavy (non-hydrogen) atoms. The quantitative estimate of drug-likeness (QED) is 0.667. The molecule has 0 saturated heterocycles. The molecule has 5 heteroatoms. The largest absolute Gasteiger partial charge is 0.330 e. The summed E-state index contributed by atoms with van der Waals surface area (Å²) in [5.41, 5.74) is 5.62. The number of thiazole rings is 1. The van der Waals surface area contributed by atoms with Crippen molar-refractivity contribution in [1.82, 2.24) is 14.5 Å². The molecule has 2 heterocycles. The second-order valence-corrected chi connectivity index (χ2v) is 6.10. The summed E-state index contributed by atoms with van der Waals surface area (Å²) >= 11 is 7.49. The molecule has 3 nitrogen and oxygen atoms in total. The van der Waals surface area contributed by atoms with Crippen LogP contribution in [-0.4, -0.2) is 14.5 Å². The topological polar surface area (TPSA) is 30.7 Å². The van der Waals surface area contributed by atoms with Gasteiger partial charge in [-0.3, -0.25) is 0 Å². The molecule has 0 saturated carbocycles. The first kappa shape index (κ1) is 14.3. The third kappa shape index (κ3) is 2.87. The number of rotatable bonds is 4. The van der Waals surface area contributed by atoms with Crippen LogP contribution < -0.4 is 0 Å². The molecule has 0 atom stereocenters. The van der Waals surface area contributed by atoms with Gasteiger partial charge >= 0.3 is 0 Å². The summed E-state index contributed by atoms with van der Waals surface area (Å²) in [5, 5.41) is 3.04. The Balaban J connectivity index is 1.98. The number of aromatic nitrogens is 3. The summed E-state index contributed by atoms with van der Waals surface area (Å²) in [4.78, 5) is 8.96. The van der Waals surface area contributed by atoms with Crippen LogP contribution in [0, 0.1) is 13.8 Å². The smallest absolute Gasteiger partial charge is 0.123 e. The normalized spacial score (nSPS) is 11.0. The van der Waals surface area contributed by atoms with E-state index in [2.05, 4.69) is 39.7 Å². The van der Waals surface area contributed by atoms with E-state index in [9.17, 15) is 0 Å². The second kappa shape index (κ2) is 6.00. The van der Waals surface area contributed by atoms with Gasteiger partial charge < -0.3 is 4.57 Å². The summed E-state index contributed by atoms with van der Waals surface area (Å²) in [5.74, 6) is 0.457. The van der Waals surface area contributed by atoms with E-state index in [1.807, 2.05) is 24.7 Å². The highest BCUT2D eigenvalue weighted by atomic mass is 35.5. The fourth-order valence-corrected chi connectivity index (χ4v) is 3.35. The number of aryl methyl sites for hydroxylation is 1. The van der Waals surface area contributed by atoms with Crippen LogP contribution in [-0.2, 0) is 12.4 Å². The summed E-state index contributed by atoms with van der Waals surface area (Å²) in [6, 6.07) is 8.37. The highest BCUT2D eigenvalue weighted by molar-refractivity contribution is 7.13. The predicted octanol–water partition coefficient (Wildman–Crippen LogP) is 4.41. The second-order valence-electron chi connectivity index (χ2n) is 4.98. The van der Waals surface area contributed by atoms with Gasteiger partial charge in [-0.25, -0.2) is 9.97 Å². The van der Waals surface area contributed by atoms with Gasteiger partial charge in [-0.15, -0.1) is 22.9 Å². The monoisotopic (exact) mass is 317 g/mol. The summed E-state index contributed by atoms with van der Waals surface area (Å²) in [7, 11) is 0. The number of alkyl halides is 1. The molecular formula is C16H16ClN3S. The van der Waals surface area contributed by atoms with Crippen LogP contribution in [0.5, 0.6) is 0 Å². The van der Waals surface area contributed by atoms with Crippen LogP contribution in [0.4, 0.5) is 0 Å². The maximum Gasteiger partial charge on any atom is 0.123 e. The zero-order chi connectivity index (χ0) is 14.8. The van der Waals surface area contributed by atoms with Gasteiger partial charge in [0.2, 0.25) is 0 Å². The van der Waals surface area contributed by atoms with E-state index >= 15 is 0 Å². The molecule has 0 unspecified atom stereocenters. The number of benzene rings is 1. The molecule has 3 aromatic rings. The Morgan fingerprint density at radius 2 is 2.05 bits per heavy atom. The molecule has 108 valence electrons. The van der Waals surface area contributed by atoms with E-state index in [0.29, 0.717) is 5.88 Å². The van der Waals surface area contributed by atoms with Crippen molar-refractivity contribution in [3.8, 4) is 10.6 Å². The summed E-state index contributed by atoms with van der Waals surface area (Å²) in [6.45, 7) is 4.93. The molecule has 0 spiro atoms. The van der Waals surface area contributed by atoms with Crippen molar-refractivity contribution in [2.45, 2.75) is 26.3 Å². The molecular weight excluding hydrogens is 302 g/mol. The van der Waals surface area contributed by atoms with Gasteiger partial charge in [0.25, 0.3) is 0 Å². The number of halogens is 1. The van der Waals surface area contributed by atoms with Gasteiger partial charge in [0.1, 0.15) is 5.01 Å². The van der Waals surface area contributed by atoms with Crippen LogP contribution in [0.25, 0.3) is 10.6 Å². The first-order valence-corrected chi connectivity index (χ1v) is 8.17. The van der Waals surface area contributed by atoms with Crippen molar-refractivity contribution in [1.29, 1.82) is 0 Å². The lowest BCUT2D eigenvalue weighted by Gasteiger charge is -2.10. The van der Waals surface area contributed by atoms with Crippen molar-refractivity contribution in [2.75, 3.05) is 0 Å². The molecule has 2 aromatic heterocycles. The fourth-order valence-electron chi connectivity index (χ4n) is 2.25. The van der Waals surface area contributed by atoms with Crippen molar-refractivity contribution in [2.24, 2.45) is 0 Å². The maximum atomic E-state index is 5.85. The minimum absolute atomic E-state index is 0.457. The number of imidazole rings is 1. The zero-order valence-corrected chi connectivity index (χ0v) is 13.6. The van der Waals surface area contributed by atoms with E-state index in [-0.39, 0.29) is 0 Å². The molecule has 0 aliphatic carbocycles. The molecule has 0 aliphatic rings. The van der Waals surface area contributed by atoms with E-state index in [1.165, 1.54) is 16.8 Å². The van der Waals surface area contributed by atoms with Crippen LogP contribution in [0.15, 0.2) is 36.0 Å². The van der Waals surface area contributed by atoms with Gasteiger partial charge in [0.05, 0.1) is 23.6 Å². The highest BCUT2D eigenvalue weighted by Crippen LogP contribution is 2.28. The molecule has 0 bridgehead atoms. The van der Waals surface area contributed by atoms with Gasteiger partial charge in [-0.1, -0.05) is 24.3 Å². The Labute approximate surface area is 133 Å². The van der Waals surface area contributed by atoms with Crippen LogP contribution in [0.1, 0.15) is 22.6 Å². The third-order valence-electron chi connectivity index (χ3n) is 3.62. The van der Waals surface area contributed by atoms with Gasteiger partial charge in [0, 0.05) is 23.2 Å². The number of hydrogen-bond acceptors (Lipinski definition) is 3. The van der Waals surface area contributed by atoms with E-state index in [1.54, 1.807) is 11.3 Å². The SMILES string of the molecule is Cc1ncn(Cc2ccccc2-c2nc(CCl)cs2)c1C. The molecule has 0 aliphatic heterocycles. The van der Waals surface area contributed by atoms with Gasteiger partial charge in [-0.2, -0.15) is 0 Å². The average molecular weight is 318 g/mol. The molecule has 0 amide bonds. The molecule has 0 fully saturated rings. The third-order valence-corrected chi connectivity index (χ3v) is 4.82. The maximum absolute atomic E-state index is 5.85. The first-order valence-electron chi connectivity index (χ1n) is 6.76. The van der Waals surface area contributed by atoms with Crippen molar-refractivity contribution < 1.29 is 0 Å². The average Bonchev–Trinajstić information content (AvgIpc) is 3.10. The lowest BCUT2D eigenvalue weighted by Crippen LogP contribution is -2.02. The van der Waals surface area contributed by atoms with Crippen molar-refractivity contribution in [3.05, 3.63) is 58.6 Å². The van der Waals surface area contributed by atoms with E-state index in [4.69, 9.17) is 11.6 Å². The van der Waals surface area contributed by atoms with E-state index in [0.717, 1.165) is 22.9 Å². The predicted molar refractivity (Wildman–Crippen MR) is 87.9 cm³/mol. The Morgan fingerprint density at radius 3 is 2.71 bits per heavy atom. The fraction of sp³-hybridized carbons (Fsp3) is 0.250. The molecule has 3 rings (SSSR count). The Bertz CT molecular complexity index is 760. The van der Waals surface area contributed by atoms with Gasteiger partial charge in [0.15, 0.2) is 0 Å². The lowest BCUT2D eigenvalue weighted by molar-refractivity contribution is 0.770. The molecule has 1 aromatic carbocycles. The van der Waals surface area contributed by atoms with Crippen molar-refractivity contribution >= 4 is 22.9 Å². The molecule has 0 radical (unpaired) electrons. The van der Waals surface area contributed by atoms with Crippen LogP contribution in [0.3, 0.4) is 0 Å². The summed E-state index contributed by atoms with van der Waals surface area (Å²) in [6.07, 6.45) is 1.90.